The SMILES string of the molecule is Cn1cc(-c2ccnc(C(F)F)c2)c2cc(B3OC(C)(C)C(C)(C)O3)cnc21. The van der Waals surface area contributed by atoms with Crippen LogP contribution in [-0.2, 0) is 16.4 Å². The minimum Gasteiger partial charge on any atom is -0.399 e. The highest BCUT2D eigenvalue weighted by atomic mass is 19.3. The normalized spacial score (nSPS) is 18.4. The third kappa shape index (κ3) is 3.01. The van der Waals surface area contributed by atoms with E-state index in [1.54, 1.807) is 12.3 Å². The van der Waals surface area contributed by atoms with Crippen LogP contribution in [0.1, 0.15) is 39.8 Å². The van der Waals surface area contributed by atoms with Gasteiger partial charge < -0.3 is 13.9 Å². The topological polar surface area (TPSA) is 49.2 Å². The van der Waals surface area contributed by atoms with Crippen LogP contribution in [0.3, 0.4) is 0 Å². The summed E-state index contributed by atoms with van der Waals surface area (Å²) >= 11 is 0. The molecule has 28 heavy (non-hydrogen) atoms. The van der Waals surface area contributed by atoms with Crippen LogP contribution in [0.4, 0.5) is 8.78 Å². The second-order valence-electron chi connectivity index (χ2n) is 8.15. The van der Waals surface area contributed by atoms with Crippen LogP contribution in [0, 0.1) is 0 Å². The van der Waals surface area contributed by atoms with Crippen molar-refractivity contribution in [1.29, 1.82) is 0 Å². The van der Waals surface area contributed by atoms with Gasteiger partial charge >= 0.3 is 7.12 Å². The lowest BCUT2D eigenvalue weighted by molar-refractivity contribution is 0.00578. The van der Waals surface area contributed by atoms with Gasteiger partial charge in [0.2, 0.25) is 0 Å². The van der Waals surface area contributed by atoms with Gasteiger partial charge in [0, 0.05) is 42.1 Å². The molecule has 8 heteroatoms. The zero-order valence-corrected chi connectivity index (χ0v) is 16.5. The van der Waals surface area contributed by atoms with Gasteiger partial charge in [0.1, 0.15) is 11.3 Å². The monoisotopic (exact) mass is 385 g/mol. The van der Waals surface area contributed by atoms with Gasteiger partial charge in [0.15, 0.2) is 0 Å². The second kappa shape index (κ2) is 6.35. The van der Waals surface area contributed by atoms with Crippen molar-refractivity contribution < 1.29 is 18.1 Å². The van der Waals surface area contributed by atoms with Crippen molar-refractivity contribution in [1.82, 2.24) is 14.5 Å². The number of hydrogen-bond donors (Lipinski definition) is 0. The van der Waals surface area contributed by atoms with Crippen LogP contribution in [0.25, 0.3) is 22.2 Å². The van der Waals surface area contributed by atoms with Crippen molar-refractivity contribution in [2.24, 2.45) is 7.05 Å². The summed E-state index contributed by atoms with van der Waals surface area (Å²) in [5.41, 5.74) is 1.88. The van der Waals surface area contributed by atoms with Crippen molar-refractivity contribution in [3.63, 3.8) is 0 Å². The largest absolute Gasteiger partial charge is 0.496 e. The minimum absolute atomic E-state index is 0.246. The molecule has 1 fully saturated rings. The fourth-order valence-electron chi connectivity index (χ4n) is 3.35. The van der Waals surface area contributed by atoms with E-state index in [4.69, 9.17) is 9.31 Å². The Balaban J connectivity index is 1.80. The molecule has 1 saturated heterocycles. The van der Waals surface area contributed by atoms with Crippen LogP contribution in [-0.4, -0.2) is 32.9 Å². The number of aromatic nitrogens is 3. The quantitative estimate of drug-likeness (QED) is 0.643. The maximum atomic E-state index is 13.1. The Labute approximate surface area is 162 Å². The first kappa shape index (κ1) is 19.0. The van der Waals surface area contributed by atoms with Crippen molar-refractivity contribution in [2.75, 3.05) is 0 Å². The Hall–Kier alpha value is -2.32. The average molecular weight is 385 g/mol. The fourth-order valence-corrected chi connectivity index (χ4v) is 3.35. The van der Waals surface area contributed by atoms with Gasteiger partial charge in [-0.1, -0.05) is 0 Å². The molecule has 0 radical (unpaired) electrons. The van der Waals surface area contributed by atoms with Crippen LogP contribution < -0.4 is 5.46 Å². The van der Waals surface area contributed by atoms with E-state index in [0.717, 1.165) is 22.1 Å². The first-order valence-electron chi connectivity index (χ1n) is 9.14. The summed E-state index contributed by atoms with van der Waals surface area (Å²) in [4.78, 5) is 8.32. The van der Waals surface area contributed by atoms with Gasteiger partial charge in [-0.3, -0.25) is 4.98 Å². The van der Waals surface area contributed by atoms with Gasteiger partial charge in [-0.15, -0.1) is 0 Å². The van der Waals surface area contributed by atoms with Gasteiger partial charge in [-0.25, -0.2) is 13.8 Å². The number of pyridine rings is 2. The standard InChI is InChI=1S/C20H22BF2N3O2/c1-19(2)20(3,4)28-21(27-19)13-9-14-15(11-26(5)18(14)25-10-13)12-6-7-24-16(8-12)17(22)23/h6-11,17H,1-5H3. The van der Waals surface area contributed by atoms with E-state index < -0.39 is 24.7 Å². The predicted octanol–water partition coefficient (Wildman–Crippen LogP) is 3.87. The third-order valence-electron chi connectivity index (χ3n) is 5.68. The van der Waals surface area contributed by atoms with Gasteiger partial charge in [-0.2, -0.15) is 0 Å². The molecule has 0 aliphatic carbocycles. The van der Waals surface area contributed by atoms with Crippen molar-refractivity contribution in [3.05, 3.63) is 42.5 Å². The van der Waals surface area contributed by atoms with E-state index in [9.17, 15) is 8.78 Å². The third-order valence-corrected chi connectivity index (χ3v) is 5.68. The highest BCUT2D eigenvalue weighted by molar-refractivity contribution is 6.62. The van der Waals surface area contributed by atoms with E-state index in [-0.39, 0.29) is 5.69 Å². The number of fused-ring (bicyclic) bond motifs is 1. The fraction of sp³-hybridized carbons (Fsp3) is 0.400. The zero-order chi connectivity index (χ0) is 20.3. The molecule has 0 spiro atoms. The van der Waals surface area contributed by atoms with Crippen molar-refractivity contribution in [2.45, 2.75) is 45.3 Å². The Kier molecular flexibility index (Phi) is 4.32. The van der Waals surface area contributed by atoms with Gasteiger partial charge in [-0.05, 0) is 51.5 Å². The van der Waals surface area contributed by atoms with Gasteiger partial charge in [0.05, 0.1) is 11.2 Å². The van der Waals surface area contributed by atoms with Crippen LogP contribution in [0.5, 0.6) is 0 Å². The summed E-state index contributed by atoms with van der Waals surface area (Å²) in [5, 5.41) is 0.848. The molecule has 4 heterocycles. The average Bonchev–Trinajstić information content (AvgIpc) is 3.07. The predicted molar refractivity (Wildman–Crippen MR) is 105 cm³/mol. The van der Waals surface area contributed by atoms with E-state index in [1.165, 1.54) is 12.3 Å². The molecule has 0 atom stereocenters. The highest BCUT2D eigenvalue weighted by Crippen LogP contribution is 2.37. The summed E-state index contributed by atoms with van der Waals surface area (Å²) in [6, 6.07) is 5.10. The van der Waals surface area contributed by atoms with Crippen LogP contribution in [0.2, 0.25) is 0 Å². The lowest BCUT2D eigenvalue weighted by Crippen LogP contribution is -2.41. The Morgan fingerprint density at radius 3 is 2.39 bits per heavy atom. The zero-order valence-electron chi connectivity index (χ0n) is 16.5. The number of aryl methyl sites for hydroxylation is 1. The smallest absolute Gasteiger partial charge is 0.399 e. The van der Waals surface area contributed by atoms with Crippen LogP contribution in [0.15, 0.2) is 36.8 Å². The molecule has 1 aliphatic rings. The lowest BCUT2D eigenvalue weighted by atomic mass is 9.79. The lowest BCUT2D eigenvalue weighted by Gasteiger charge is -2.32. The summed E-state index contributed by atoms with van der Waals surface area (Å²) < 4.78 is 40.3. The van der Waals surface area contributed by atoms with Crippen molar-refractivity contribution >= 4 is 23.6 Å². The molecule has 3 aromatic rings. The van der Waals surface area contributed by atoms with E-state index >= 15 is 0 Å². The van der Waals surface area contributed by atoms with Crippen molar-refractivity contribution in [3.8, 4) is 11.1 Å². The molecule has 146 valence electrons. The summed E-state index contributed by atoms with van der Waals surface area (Å²) in [7, 11) is 1.34. The number of halogens is 2. The summed E-state index contributed by atoms with van der Waals surface area (Å²) in [6.45, 7) is 7.98. The first-order valence-corrected chi connectivity index (χ1v) is 9.14. The van der Waals surface area contributed by atoms with Crippen LogP contribution >= 0.6 is 0 Å². The minimum atomic E-state index is -2.62. The molecular formula is C20H22BF2N3O2. The molecular weight excluding hydrogens is 363 g/mol. The highest BCUT2D eigenvalue weighted by Gasteiger charge is 2.51. The maximum absolute atomic E-state index is 13.1. The number of alkyl halides is 2. The molecule has 0 saturated carbocycles. The Bertz CT molecular complexity index is 1030. The summed E-state index contributed by atoms with van der Waals surface area (Å²) in [5.74, 6) is 0. The molecule has 0 aromatic carbocycles. The molecule has 0 bridgehead atoms. The Morgan fingerprint density at radius 2 is 1.75 bits per heavy atom. The number of hydrogen-bond acceptors (Lipinski definition) is 4. The number of nitrogens with zero attached hydrogens (tertiary/aromatic N) is 3. The molecule has 0 unspecified atom stereocenters. The van der Waals surface area contributed by atoms with E-state index in [0.29, 0.717) is 5.56 Å². The summed E-state index contributed by atoms with van der Waals surface area (Å²) in [6.07, 6.45) is 2.41. The number of rotatable bonds is 3. The Morgan fingerprint density at radius 1 is 1.07 bits per heavy atom. The molecule has 0 amide bonds. The van der Waals surface area contributed by atoms with Gasteiger partial charge in [0.25, 0.3) is 6.43 Å². The molecule has 5 nitrogen and oxygen atoms in total. The molecule has 3 aromatic heterocycles. The molecule has 4 rings (SSSR count). The van der Waals surface area contributed by atoms with E-state index in [2.05, 4.69) is 9.97 Å². The molecule has 1 aliphatic heterocycles. The second-order valence-corrected chi connectivity index (χ2v) is 8.15. The molecule has 0 N–H and O–H groups in total. The van der Waals surface area contributed by atoms with E-state index in [1.807, 2.05) is 51.6 Å². The maximum Gasteiger partial charge on any atom is 0.496 e. The first-order chi connectivity index (χ1) is 13.1.